The lowest BCUT2D eigenvalue weighted by atomic mass is 9.96. The smallest absolute Gasteiger partial charge is 0.218 e. The van der Waals surface area contributed by atoms with Crippen LogP contribution in [0, 0.1) is 5.92 Å². The SMILES string of the molecule is CCCC1CCCN(S(=O)(=O)C(C)CO)CC1. The molecule has 1 rings (SSSR count). The molecule has 0 aromatic carbocycles. The molecule has 0 saturated carbocycles. The summed E-state index contributed by atoms with van der Waals surface area (Å²) in [5.41, 5.74) is 0. The molecule has 0 amide bonds. The summed E-state index contributed by atoms with van der Waals surface area (Å²) in [5.74, 6) is 0.671. The van der Waals surface area contributed by atoms with Crippen molar-refractivity contribution >= 4 is 10.0 Å². The van der Waals surface area contributed by atoms with Crippen LogP contribution in [0.15, 0.2) is 0 Å². The predicted molar refractivity (Wildman–Crippen MR) is 69.3 cm³/mol. The van der Waals surface area contributed by atoms with E-state index in [-0.39, 0.29) is 6.61 Å². The van der Waals surface area contributed by atoms with Gasteiger partial charge in [-0.25, -0.2) is 12.7 Å². The summed E-state index contributed by atoms with van der Waals surface area (Å²) in [6.45, 7) is 4.69. The first-order valence-electron chi connectivity index (χ1n) is 6.62. The van der Waals surface area contributed by atoms with E-state index in [0.717, 1.165) is 19.3 Å². The maximum absolute atomic E-state index is 12.1. The molecule has 0 aliphatic carbocycles. The second-order valence-corrected chi connectivity index (χ2v) is 7.37. The summed E-state index contributed by atoms with van der Waals surface area (Å²) in [7, 11) is -3.29. The van der Waals surface area contributed by atoms with E-state index in [2.05, 4.69) is 6.92 Å². The van der Waals surface area contributed by atoms with E-state index in [0.29, 0.717) is 19.0 Å². The summed E-state index contributed by atoms with van der Waals surface area (Å²) in [6, 6.07) is 0. The van der Waals surface area contributed by atoms with Gasteiger partial charge in [-0.3, -0.25) is 0 Å². The first-order chi connectivity index (χ1) is 8.02. The highest BCUT2D eigenvalue weighted by atomic mass is 32.2. The average Bonchev–Trinajstić information content (AvgIpc) is 2.54. The number of hydrogen-bond acceptors (Lipinski definition) is 3. The number of sulfonamides is 1. The van der Waals surface area contributed by atoms with Crippen molar-refractivity contribution in [2.24, 2.45) is 5.92 Å². The fourth-order valence-electron chi connectivity index (χ4n) is 2.44. The van der Waals surface area contributed by atoms with E-state index in [1.807, 2.05) is 0 Å². The van der Waals surface area contributed by atoms with Gasteiger partial charge in [0.15, 0.2) is 0 Å². The maximum atomic E-state index is 12.1. The summed E-state index contributed by atoms with van der Waals surface area (Å²) in [6.07, 6.45) is 5.41. The zero-order chi connectivity index (χ0) is 12.9. The molecule has 1 saturated heterocycles. The second kappa shape index (κ2) is 6.71. The fraction of sp³-hybridized carbons (Fsp3) is 1.00. The first kappa shape index (κ1) is 14.9. The fourth-order valence-corrected chi connectivity index (χ4v) is 3.88. The lowest BCUT2D eigenvalue weighted by Crippen LogP contribution is -2.39. The predicted octanol–water partition coefficient (Wildman–Crippen LogP) is 1.60. The standard InChI is InChI=1S/C12H25NO3S/c1-3-5-12-6-4-8-13(9-7-12)17(15,16)11(2)10-14/h11-12,14H,3-10H2,1-2H3. The van der Waals surface area contributed by atoms with E-state index >= 15 is 0 Å². The van der Waals surface area contributed by atoms with E-state index in [4.69, 9.17) is 5.11 Å². The highest BCUT2D eigenvalue weighted by Crippen LogP contribution is 2.24. The number of aliphatic hydroxyl groups excluding tert-OH is 1. The van der Waals surface area contributed by atoms with Gasteiger partial charge in [-0.1, -0.05) is 19.8 Å². The minimum atomic E-state index is -3.29. The van der Waals surface area contributed by atoms with Crippen LogP contribution in [-0.4, -0.2) is 42.8 Å². The van der Waals surface area contributed by atoms with Crippen molar-refractivity contribution in [1.82, 2.24) is 4.31 Å². The molecule has 1 heterocycles. The normalized spacial score (nSPS) is 25.5. The minimum absolute atomic E-state index is 0.294. The maximum Gasteiger partial charge on any atom is 0.218 e. The van der Waals surface area contributed by atoms with Gasteiger partial charge in [0.1, 0.15) is 0 Å². The average molecular weight is 263 g/mol. The third-order valence-corrected chi connectivity index (χ3v) is 5.88. The zero-order valence-corrected chi connectivity index (χ0v) is 11.7. The number of aliphatic hydroxyl groups is 1. The van der Waals surface area contributed by atoms with Gasteiger partial charge < -0.3 is 5.11 Å². The first-order valence-corrected chi connectivity index (χ1v) is 8.12. The molecule has 1 fully saturated rings. The van der Waals surface area contributed by atoms with E-state index in [1.54, 1.807) is 11.2 Å². The monoisotopic (exact) mass is 263 g/mol. The van der Waals surface area contributed by atoms with Crippen LogP contribution in [0.1, 0.15) is 46.0 Å². The second-order valence-electron chi connectivity index (χ2n) is 5.02. The molecule has 0 radical (unpaired) electrons. The lowest BCUT2D eigenvalue weighted by Gasteiger charge is -2.23. The number of nitrogens with zero attached hydrogens (tertiary/aromatic N) is 1. The molecule has 0 bridgehead atoms. The third-order valence-electron chi connectivity index (χ3n) is 3.63. The van der Waals surface area contributed by atoms with Gasteiger partial charge in [0.25, 0.3) is 0 Å². The van der Waals surface area contributed by atoms with Crippen molar-refractivity contribution in [3.63, 3.8) is 0 Å². The van der Waals surface area contributed by atoms with Crippen LogP contribution < -0.4 is 0 Å². The van der Waals surface area contributed by atoms with Crippen LogP contribution in [0.4, 0.5) is 0 Å². The summed E-state index contributed by atoms with van der Waals surface area (Å²) in [4.78, 5) is 0. The van der Waals surface area contributed by atoms with Crippen molar-refractivity contribution in [3.05, 3.63) is 0 Å². The molecule has 4 nitrogen and oxygen atoms in total. The van der Waals surface area contributed by atoms with Crippen molar-refractivity contribution in [1.29, 1.82) is 0 Å². The van der Waals surface area contributed by atoms with Crippen LogP contribution in [0.25, 0.3) is 0 Å². The van der Waals surface area contributed by atoms with Gasteiger partial charge in [-0.2, -0.15) is 0 Å². The van der Waals surface area contributed by atoms with Gasteiger partial charge in [0.2, 0.25) is 10.0 Å². The topological polar surface area (TPSA) is 57.6 Å². The molecule has 0 aromatic heterocycles. The molecule has 1 aliphatic heterocycles. The molecule has 2 unspecified atom stereocenters. The molecule has 0 aromatic rings. The van der Waals surface area contributed by atoms with E-state index in [9.17, 15) is 8.42 Å². The summed E-state index contributed by atoms with van der Waals surface area (Å²) in [5, 5.41) is 8.33. The van der Waals surface area contributed by atoms with Crippen LogP contribution in [0.2, 0.25) is 0 Å². The van der Waals surface area contributed by atoms with Crippen molar-refractivity contribution in [2.75, 3.05) is 19.7 Å². The molecule has 1 aliphatic rings. The van der Waals surface area contributed by atoms with Crippen LogP contribution in [0.5, 0.6) is 0 Å². The molecule has 102 valence electrons. The molecule has 1 N–H and O–H groups in total. The van der Waals surface area contributed by atoms with Crippen LogP contribution in [-0.2, 0) is 10.0 Å². The largest absolute Gasteiger partial charge is 0.395 e. The summed E-state index contributed by atoms with van der Waals surface area (Å²) >= 11 is 0. The van der Waals surface area contributed by atoms with Gasteiger partial charge in [-0.15, -0.1) is 0 Å². The Hall–Kier alpha value is -0.130. The molecule has 0 spiro atoms. The Morgan fingerprint density at radius 2 is 2.06 bits per heavy atom. The number of hydrogen-bond donors (Lipinski definition) is 1. The third kappa shape index (κ3) is 3.93. The minimum Gasteiger partial charge on any atom is -0.395 e. The number of rotatable bonds is 5. The van der Waals surface area contributed by atoms with Gasteiger partial charge in [-0.05, 0) is 32.1 Å². The van der Waals surface area contributed by atoms with Crippen molar-refractivity contribution < 1.29 is 13.5 Å². The van der Waals surface area contributed by atoms with Gasteiger partial charge in [0, 0.05) is 13.1 Å². The van der Waals surface area contributed by atoms with Crippen molar-refractivity contribution in [2.45, 2.75) is 51.2 Å². The Kier molecular flexibility index (Phi) is 5.89. The van der Waals surface area contributed by atoms with E-state index < -0.39 is 15.3 Å². The highest BCUT2D eigenvalue weighted by Gasteiger charge is 2.30. The Bertz CT molecular complexity index is 316. The molecule has 2 atom stereocenters. The summed E-state index contributed by atoms with van der Waals surface area (Å²) < 4.78 is 25.8. The molecular formula is C12H25NO3S. The van der Waals surface area contributed by atoms with Crippen molar-refractivity contribution in [3.8, 4) is 0 Å². The Morgan fingerprint density at radius 3 is 2.65 bits per heavy atom. The zero-order valence-electron chi connectivity index (χ0n) is 10.9. The lowest BCUT2D eigenvalue weighted by molar-refractivity contribution is 0.288. The van der Waals surface area contributed by atoms with E-state index in [1.165, 1.54) is 12.8 Å². The highest BCUT2D eigenvalue weighted by molar-refractivity contribution is 7.89. The molecule has 17 heavy (non-hydrogen) atoms. The Balaban J connectivity index is 2.62. The van der Waals surface area contributed by atoms with Gasteiger partial charge in [0.05, 0.1) is 11.9 Å². The van der Waals surface area contributed by atoms with Crippen LogP contribution in [0.3, 0.4) is 0 Å². The Labute approximate surface area is 105 Å². The molecular weight excluding hydrogens is 238 g/mol. The van der Waals surface area contributed by atoms with Crippen LogP contribution >= 0.6 is 0 Å². The quantitative estimate of drug-likeness (QED) is 0.819. The molecule has 5 heteroatoms. The van der Waals surface area contributed by atoms with Gasteiger partial charge >= 0.3 is 0 Å². The Morgan fingerprint density at radius 1 is 1.35 bits per heavy atom.